The van der Waals surface area contributed by atoms with Gasteiger partial charge in [-0.15, -0.1) is 0 Å². The maximum absolute atomic E-state index is 12.8. The van der Waals surface area contributed by atoms with Crippen LogP contribution in [0.15, 0.2) is 18.2 Å². The molecule has 1 aliphatic heterocycles. The Balaban J connectivity index is 0.983. The fourth-order valence-electron chi connectivity index (χ4n) is 7.85. The van der Waals surface area contributed by atoms with E-state index in [4.69, 9.17) is 23.2 Å². The van der Waals surface area contributed by atoms with Crippen molar-refractivity contribution in [3.8, 4) is 0 Å². The number of carbonyl (C=O) groups excluding carboxylic acids is 2. The minimum absolute atomic E-state index is 0.151. The molecule has 3 amide bonds. The SMILES string of the molecule is O=C(CC1CCN(C(=O)Nc2ccc(Cl)cc2Cl)CC1)NC12C[C@H]3CC4C[C@@H](C1)C432. The van der Waals surface area contributed by atoms with E-state index in [-0.39, 0.29) is 17.5 Å². The van der Waals surface area contributed by atoms with Gasteiger partial charge in [0, 0.05) is 35.5 Å². The predicted octanol–water partition coefficient (Wildman–Crippen LogP) is 4.93. The quantitative estimate of drug-likeness (QED) is 0.686. The van der Waals surface area contributed by atoms with Crippen molar-refractivity contribution in [2.45, 2.75) is 50.5 Å². The normalized spacial score (nSPS) is 38.1. The molecule has 1 aromatic rings. The number of anilines is 1. The Morgan fingerprint density at radius 3 is 2.37 bits per heavy atom. The van der Waals surface area contributed by atoms with E-state index in [2.05, 4.69) is 10.6 Å². The fourth-order valence-corrected chi connectivity index (χ4v) is 8.31. The molecular formula is C23H27Cl2N3O2. The molecule has 0 aromatic heterocycles. The molecule has 2 N–H and O–H groups in total. The summed E-state index contributed by atoms with van der Waals surface area (Å²) in [7, 11) is 0. The molecule has 5 nitrogen and oxygen atoms in total. The van der Waals surface area contributed by atoms with Gasteiger partial charge in [0.25, 0.3) is 0 Å². The van der Waals surface area contributed by atoms with Crippen LogP contribution < -0.4 is 10.6 Å². The minimum Gasteiger partial charge on any atom is -0.350 e. The molecule has 1 saturated heterocycles. The average molecular weight is 448 g/mol. The number of piperidine rings is 1. The van der Waals surface area contributed by atoms with Crippen LogP contribution in [-0.2, 0) is 4.79 Å². The molecule has 3 unspecified atom stereocenters. The average Bonchev–Trinajstić information content (AvgIpc) is 2.65. The van der Waals surface area contributed by atoms with Crippen LogP contribution in [0.1, 0.15) is 44.9 Å². The second kappa shape index (κ2) is 6.52. The minimum atomic E-state index is -0.151. The van der Waals surface area contributed by atoms with Crippen molar-refractivity contribution < 1.29 is 9.59 Å². The highest BCUT2D eigenvalue weighted by Crippen LogP contribution is 2.89. The van der Waals surface area contributed by atoms with Gasteiger partial charge in [0.05, 0.1) is 10.7 Å². The molecule has 1 aromatic carbocycles. The highest BCUT2D eigenvalue weighted by molar-refractivity contribution is 6.36. The molecule has 0 bridgehead atoms. The van der Waals surface area contributed by atoms with Crippen molar-refractivity contribution >= 4 is 40.8 Å². The van der Waals surface area contributed by atoms with Crippen molar-refractivity contribution in [1.82, 2.24) is 10.2 Å². The maximum Gasteiger partial charge on any atom is 0.321 e. The molecule has 0 radical (unpaired) electrons. The van der Waals surface area contributed by atoms with Crippen LogP contribution in [0.2, 0.25) is 10.0 Å². The number of benzene rings is 1. The first-order chi connectivity index (χ1) is 14.4. The summed E-state index contributed by atoms with van der Waals surface area (Å²) in [5, 5.41) is 7.31. The van der Waals surface area contributed by atoms with Crippen molar-refractivity contribution in [3.63, 3.8) is 0 Å². The van der Waals surface area contributed by atoms with Gasteiger partial charge in [-0.2, -0.15) is 0 Å². The van der Waals surface area contributed by atoms with Crippen LogP contribution in [0.5, 0.6) is 0 Å². The summed E-state index contributed by atoms with van der Waals surface area (Å²) in [6.45, 7) is 1.33. The summed E-state index contributed by atoms with van der Waals surface area (Å²) < 4.78 is 0. The van der Waals surface area contributed by atoms with Crippen molar-refractivity contribution in [2.24, 2.45) is 29.1 Å². The molecule has 30 heavy (non-hydrogen) atoms. The van der Waals surface area contributed by atoms with Gasteiger partial charge >= 0.3 is 6.03 Å². The first kappa shape index (κ1) is 19.2. The zero-order valence-corrected chi connectivity index (χ0v) is 18.4. The summed E-state index contributed by atoms with van der Waals surface area (Å²) >= 11 is 12.1. The van der Waals surface area contributed by atoms with E-state index in [0.29, 0.717) is 46.6 Å². The predicted molar refractivity (Wildman–Crippen MR) is 117 cm³/mol. The Labute approximate surface area is 186 Å². The van der Waals surface area contributed by atoms with E-state index in [9.17, 15) is 9.59 Å². The van der Waals surface area contributed by atoms with Crippen LogP contribution in [0.25, 0.3) is 0 Å². The molecule has 5 fully saturated rings. The smallest absolute Gasteiger partial charge is 0.321 e. The summed E-state index contributed by atoms with van der Waals surface area (Å²) in [4.78, 5) is 27.2. The summed E-state index contributed by atoms with van der Waals surface area (Å²) in [5.41, 5.74) is 1.26. The second-order valence-electron chi connectivity index (χ2n) is 10.2. The Hall–Kier alpha value is -1.46. The van der Waals surface area contributed by atoms with E-state index in [1.54, 1.807) is 23.1 Å². The third-order valence-electron chi connectivity index (χ3n) is 9.11. The van der Waals surface area contributed by atoms with Crippen LogP contribution in [0.3, 0.4) is 0 Å². The number of nitrogens with one attached hydrogen (secondary N) is 2. The Kier molecular flexibility index (Phi) is 4.18. The summed E-state index contributed by atoms with van der Waals surface area (Å²) in [6, 6.07) is 4.88. The van der Waals surface area contributed by atoms with Crippen LogP contribution in [0, 0.1) is 29.1 Å². The molecule has 5 atom stereocenters. The van der Waals surface area contributed by atoms with Crippen LogP contribution in [0.4, 0.5) is 10.5 Å². The number of hydrogen-bond donors (Lipinski definition) is 2. The Morgan fingerprint density at radius 1 is 1.07 bits per heavy atom. The third-order valence-corrected chi connectivity index (χ3v) is 9.66. The number of nitrogens with zero attached hydrogens (tertiary/aromatic N) is 1. The van der Waals surface area contributed by atoms with Crippen molar-refractivity contribution in [3.05, 3.63) is 28.2 Å². The van der Waals surface area contributed by atoms with Gasteiger partial charge in [-0.1, -0.05) is 23.2 Å². The number of urea groups is 1. The second-order valence-corrected chi connectivity index (χ2v) is 11.1. The van der Waals surface area contributed by atoms with Crippen LogP contribution in [-0.4, -0.2) is 35.5 Å². The van der Waals surface area contributed by atoms with Gasteiger partial charge in [-0.3, -0.25) is 4.79 Å². The van der Waals surface area contributed by atoms with E-state index < -0.39 is 0 Å². The molecule has 7 heteroatoms. The Morgan fingerprint density at radius 2 is 1.77 bits per heavy atom. The lowest BCUT2D eigenvalue weighted by atomic mass is 9.15. The monoisotopic (exact) mass is 447 g/mol. The first-order valence-electron chi connectivity index (χ1n) is 11.2. The lowest BCUT2D eigenvalue weighted by Gasteiger charge is -2.91. The number of hydrogen-bond acceptors (Lipinski definition) is 2. The highest BCUT2D eigenvalue weighted by Gasteiger charge is 2.88. The molecule has 6 rings (SSSR count). The van der Waals surface area contributed by atoms with Gasteiger partial charge in [-0.05, 0) is 80.4 Å². The van der Waals surface area contributed by atoms with E-state index >= 15 is 0 Å². The zero-order chi connectivity index (χ0) is 20.7. The lowest BCUT2D eigenvalue weighted by Crippen LogP contribution is -2.92. The standard InChI is InChI=1S/C23H27Cl2N3O2/c24-17-1-2-19(18(25)10-17)26-21(30)28-5-3-13(4-6-28)7-20(29)27-22-11-15-8-14-9-16(12-22)23(14,15)22/h1-2,10,13-16H,3-9,11-12H2,(H,26,30)(H,27,29)/t14?,15-,16+,22?,23?. The van der Waals surface area contributed by atoms with E-state index in [1.165, 1.54) is 25.7 Å². The number of rotatable bonds is 4. The topological polar surface area (TPSA) is 61.4 Å². The molecular weight excluding hydrogens is 421 g/mol. The van der Waals surface area contributed by atoms with Gasteiger partial charge in [0.1, 0.15) is 0 Å². The van der Waals surface area contributed by atoms with Gasteiger partial charge in [0.2, 0.25) is 5.91 Å². The first-order valence-corrected chi connectivity index (χ1v) is 12.0. The lowest BCUT2D eigenvalue weighted by molar-refractivity contribution is -0.394. The molecule has 1 spiro atoms. The fraction of sp³-hybridized carbons (Fsp3) is 0.652. The number of carbonyl (C=O) groups is 2. The highest BCUT2D eigenvalue weighted by atomic mass is 35.5. The third kappa shape index (κ3) is 2.48. The number of likely N-dealkylation sites (tertiary alicyclic amines) is 1. The zero-order valence-electron chi connectivity index (χ0n) is 16.9. The molecule has 5 aliphatic rings. The molecule has 4 saturated carbocycles. The van der Waals surface area contributed by atoms with Gasteiger partial charge in [-0.25, -0.2) is 4.79 Å². The molecule has 4 aliphatic carbocycles. The van der Waals surface area contributed by atoms with Gasteiger partial charge < -0.3 is 15.5 Å². The summed E-state index contributed by atoms with van der Waals surface area (Å²) in [6.07, 6.45) is 7.58. The molecule has 160 valence electrons. The number of halogens is 2. The van der Waals surface area contributed by atoms with Crippen molar-refractivity contribution in [2.75, 3.05) is 18.4 Å². The summed E-state index contributed by atoms with van der Waals surface area (Å²) in [5.74, 6) is 3.31. The van der Waals surface area contributed by atoms with Gasteiger partial charge in [0.15, 0.2) is 0 Å². The largest absolute Gasteiger partial charge is 0.350 e. The van der Waals surface area contributed by atoms with E-state index in [1.807, 2.05) is 0 Å². The Bertz CT molecular complexity index is 902. The number of amides is 3. The van der Waals surface area contributed by atoms with E-state index in [0.717, 1.165) is 30.6 Å². The van der Waals surface area contributed by atoms with Crippen molar-refractivity contribution in [1.29, 1.82) is 0 Å². The maximum atomic E-state index is 12.8. The van der Waals surface area contributed by atoms with Crippen LogP contribution >= 0.6 is 23.2 Å². The molecule has 1 heterocycles.